The summed E-state index contributed by atoms with van der Waals surface area (Å²) in [5, 5.41) is 13.7. The molecule has 3 aromatic rings. The topological polar surface area (TPSA) is 108 Å². The second kappa shape index (κ2) is 9.11. The average Bonchev–Trinajstić information content (AvgIpc) is 2.75. The molecule has 7 nitrogen and oxygen atoms in total. The van der Waals surface area contributed by atoms with Gasteiger partial charge >= 0.3 is 5.97 Å². The normalized spacial score (nSPS) is 11.5. The fourth-order valence-corrected chi connectivity index (χ4v) is 3.85. The molecule has 0 unspecified atom stereocenters. The van der Waals surface area contributed by atoms with Gasteiger partial charge in [0.1, 0.15) is 6.07 Å². The van der Waals surface area contributed by atoms with Gasteiger partial charge in [-0.25, -0.2) is 13.2 Å². The molecule has 0 amide bonds. The number of hydrogen-bond acceptors (Lipinski definition) is 6. The summed E-state index contributed by atoms with van der Waals surface area (Å²) in [6.45, 7) is 1.77. The third-order valence-electron chi connectivity index (χ3n) is 4.19. The second-order valence-corrected chi connectivity index (χ2v) is 7.88. The van der Waals surface area contributed by atoms with Crippen molar-refractivity contribution in [2.24, 2.45) is 0 Å². The van der Waals surface area contributed by atoms with Gasteiger partial charge in [-0.05, 0) is 42.0 Å². The first-order valence-corrected chi connectivity index (χ1v) is 10.6. The highest BCUT2D eigenvalue weighted by Gasteiger charge is 2.17. The number of nitrogens with one attached hydrogen (secondary N) is 2. The van der Waals surface area contributed by atoms with E-state index in [9.17, 15) is 13.2 Å². The van der Waals surface area contributed by atoms with Gasteiger partial charge in [-0.15, -0.1) is 0 Å². The van der Waals surface area contributed by atoms with Crippen molar-refractivity contribution in [2.75, 3.05) is 16.6 Å². The van der Waals surface area contributed by atoms with Crippen LogP contribution in [0.25, 0.3) is 10.8 Å². The number of carbonyl (C=O) groups is 1. The van der Waals surface area contributed by atoms with Gasteiger partial charge < -0.3 is 10.1 Å². The van der Waals surface area contributed by atoms with Crippen molar-refractivity contribution in [3.05, 3.63) is 78.5 Å². The number of fused-ring (bicyclic) bond motifs is 1. The standard InChI is InChI=1S/C22H19N3O4S/c1-2-29-22(26)18(14-23)15-24-20-9-5-6-10-21(20)25-30(27,28)19-12-11-16-7-3-4-8-17(16)13-19/h3-13,15,24-25H,2H2,1H3/b18-15+. The molecule has 0 fully saturated rings. The minimum Gasteiger partial charge on any atom is -0.462 e. The van der Waals surface area contributed by atoms with Crippen LogP contribution in [0.4, 0.5) is 11.4 Å². The van der Waals surface area contributed by atoms with Gasteiger partial charge in [0.05, 0.1) is 22.9 Å². The number of benzene rings is 3. The minimum absolute atomic E-state index is 0.121. The number of sulfonamides is 1. The van der Waals surface area contributed by atoms with Crippen LogP contribution in [-0.4, -0.2) is 21.0 Å². The number of esters is 1. The van der Waals surface area contributed by atoms with E-state index in [2.05, 4.69) is 10.0 Å². The van der Waals surface area contributed by atoms with Crippen LogP contribution in [0.3, 0.4) is 0 Å². The number of hydrogen-bond donors (Lipinski definition) is 2. The Kier molecular flexibility index (Phi) is 6.35. The van der Waals surface area contributed by atoms with Gasteiger partial charge in [0, 0.05) is 6.20 Å². The molecule has 0 aliphatic rings. The summed E-state index contributed by atoms with van der Waals surface area (Å²) in [6, 6.07) is 20.7. The van der Waals surface area contributed by atoms with Crippen LogP contribution in [-0.2, 0) is 19.6 Å². The molecule has 3 rings (SSSR count). The molecule has 0 saturated carbocycles. The third-order valence-corrected chi connectivity index (χ3v) is 5.55. The monoisotopic (exact) mass is 421 g/mol. The highest BCUT2D eigenvalue weighted by molar-refractivity contribution is 7.92. The summed E-state index contributed by atoms with van der Waals surface area (Å²) in [6.07, 6.45) is 1.18. The molecule has 8 heteroatoms. The maximum atomic E-state index is 12.9. The van der Waals surface area contributed by atoms with Crippen molar-refractivity contribution >= 4 is 38.1 Å². The molecule has 0 saturated heterocycles. The quantitative estimate of drug-likeness (QED) is 0.339. The molecule has 0 radical (unpaired) electrons. The van der Waals surface area contributed by atoms with Gasteiger partial charge in [-0.1, -0.05) is 42.5 Å². The zero-order valence-electron chi connectivity index (χ0n) is 16.1. The molecule has 0 aliphatic carbocycles. The highest BCUT2D eigenvalue weighted by atomic mass is 32.2. The lowest BCUT2D eigenvalue weighted by Crippen LogP contribution is -2.14. The van der Waals surface area contributed by atoms with Gasteiger partial charge in [0.15, 0.2) is 5.57 Å². The molecule has 2 N–H and O–H groups in total. The summed E-state index contributed by atoms with van der Waals surface area (Å²) in [7, 11) is -3.86. The number of anilines is 2. The van der Waals surface area contributed by atoms with Crippen LogP contribution < -0.4 is 10.0 Å². The first-order chi connectivity index (χ1) is 14.4. The molecule has 0 aromatic heterocycles. The van der Waals surface area contributed by atoms with Crippen molar-refractivity contribution < 1.29 is 17.9 Å². The molecule has 0 atom stereocenters. The van der Waals surface area contributed by atoms with E-state index >= 15 is 0 Å². The fraction of sp³-hybridized carbons (Fsp3) is 0.0909. The average molecular weight is 421 g/mol. The molecule has 0 aliphatic heterocycles. The minimum atomic E-state index is -3.86. The zero-order valence-corrected chi connectivity index (χ0v) is 16.9. The summed E-state index contributed by atoms with van der Waals surface area (Å²) < 4.78 is 33.2. The molecule has 0 bridgehead atoms. The number of ether oxygens (including phenoxy) is 1. The van der Waals surface area contributed by atoms with Gasteiger partial charge in [0.25, 0.3) is 10.0 Å². The summed E-state index contributed by atoms with van der Waals surface area (Å²) in [5.41, 5.74) is 0.408. The van der Waals surface area contributed by atoms with Crippen LogP contribution in [0.5, 0.6) is 0 Å². The van der Waals surface area contributed by atoms with E-state index in [-0.39, 0.29) is 22.8 Å². The Hall–Kier alpha value is -3.83. The molecular formula is C22H19N3O4S. The predicted octanol–water partition coefficient (Wildman–Crippen LogP) is 4.02. The number of rotatable bonds is 7. The maximum Gasteiger partial charge on any atom is 0.350 e. The zero-order chi connectivity index (χ0) is 21.6. The summed E-state index contributed by atoms with van der Waals surface area (Å²) >= 11 is 0. The van der Waals surface area contributed by atoms with Crippen molar-refractivity contribution in [2.45, 2.75) is 11.8 Å². The molecule has 152 valence electrons. The lowest BCUT2D eigenvalue weighted by Gasteiger charge is -2.13. The smallest absolute Gasteiger partial charge is 0.350 e. The van der Waals surface area contributed by atoms with Crippen molar-refractivity contribution in [3.8, 4) is 6.07 Å². The number of nitriles is 1. The van der Waals surface area contributed by atoms with E-state index in [4.69, 9.17) is 10.00 Å². The van der Waals surface area contributed by atoms with E-state index in [0.717, 1.165) is 10.8 Å². The van der Waals surface area contributed by atoms with Gasteiger partial charge in [-0.2, -0.15) is 5.26 Å². The predicted molar refractivity (Wildman–Crippen MR) is 115 cm³/mol. The molecule has 3 aromatic carbocycles. The molecular weight excluding hydrogens is 402 g/mol. The maximum absolute atomic E-state index is 12.9. The Bertz CT molecular complexity index is 1260. The fourth-order valence-electron chi connectivity index (χ4n) is 2.73. The molecule has 0 spiro atoms. The number of para-hydroxylation sites is 2. The van der Waals surface area contributed by atoms with E-state index in [1.807, 2.05) is 24.3 Å². The summed E-state index contributed by atoms with van der Waals surface area (Å²) in [5.74, 6) is -0.762. The van der Waals surface area contributed by atoms with Crippen LogP contribution >= 0.6 is 0 Å². The molecule has 30 heavy (non-hydrogen) atoms. The van der Waals surface area contributed by atoms with Crippen LogP contribution in [0, 0.1) is 11.3 Å². The Morgan fingerprint density at radius 2 is 1.70 bits per heavy atom. The Balaban J connectivity index is 1.88. The van der Waals surface area contributed by atoms with E-state index in [1.165, 1.54) is 12.3 Å². The highest BCUT2D eigenvalue weighted by Crippen LogP contribution is 2.26. The van der Waals surface area contributed by atoms with E-state index < -0.39 is 16.0 Å². The van der Waals surface area contributed by atoms with Crippen LogP contribution in [0.1, 0.15) is 6.92 Å². The van der Waals surface area contributed by atoms with Crippen LogP contribution in [0.2, 0.25) is 0 Å². The SMILES string of the molecule is CCOC(=O)/C(C#N)=C/Nc1ccccc1NS(=O)(=O)c1ccc2ccccc2c1. The number of nitrogens with zero attached hydrogens (tertiary/aromatic N) is 1. The van der Waals surface area contributed by atoms with Crippen molar-refractivity contribution in [3.63, 3.8) is 0 Å². The Morgan fingerprint density at radius 1 is 1.03 bits per heavy atom. The Morgan fingerprint density at radius 3 is 2.40 bits per heavy atom. The van der Waals surface area contributed by atoms with Gasteiger partial charge in [-0.3, -0.25) is 4.72 Å². The Labute approximate surface area is 174 Å². The van der Waals surface area contributed by atoms with Gasteiger partial charge in [0.2, 0.25) is 0 Å². The lowest BCUT2D eigenvalue weighted by molar-refractivity contribution is -0.138. The number of carbonyl (C=O) groups excluding carboxylic acids is 1. The second-order valence-electron chi connectivity index (χ2n) is 6.19. The van der Waals surface area contributed by atoms with Crippen LogP contribution in [0.15, 0.2) is 83.4 Å². The van der Waals surface area contributed by atoms with Crippen molar-refractivity contribution in [1.29, 1.82) is 5.26 Å². The van der Waals surface area contributed by atoms with E-state index in [0.29, 0.717) is 5.69 Å². The summed E-state index contributed by atoms with van der Waals surface area (Å²) in [4.78, 5) is 11.9. The first kappa shape index (κ1) is 20.9. The lowest BCUT2D eigenvalue weighted by atomic mass is 10.1. The largest absolute Gasteiger partial charge is 0.462 e. The van der Waals surface area contributed by atoms with Crippen molar-refractivity contribution in [1.82, 2.24) is 0 Å². The third kappa shape index (κ3) is 4.77. The first-order valence-electron chi connectivity index (χ1n) is 9.09. The molecule has 0 heterocycles. The van der Waals surface area contributed by atoms with E-state index in [1.54, 1.807) is 49.4 Å².